The van der Waals surface area contributed by atoms with Gasteiger partial charge in [-0.1, -0.05) is 6.07 Å². The fourth-order valence-electron chi connectivity index (χ4n) is 3.97. The fraction of sp³-hybridized carbons (Fsp3) is 0.0417. The van der Waals surface area contributed by atoms with Crippen molar-refractivity contribution in [3.05, 3.63) is 78.8 Å². The van der Waals surface area contributed by atoms with Crippen LogP contribution in [0.3, 0.4) is 0 Å². The van der Waals surface area contributed by atoms with Crippen molar-refractivity contribution in [3.63, 3.8) is 0 Å². The van der Waals surface area contributed by atoms with Gasteiger partial charge in [-0.2, -0.15) is 5.10 Å². The number of hydrogen-bond donors (Lipinski definition) is 2. The molecule has 5 aromatic heterocycles. The predicted molar refractivity (Wildman–Crippen MR) is 120 cm³/mol. The van der Waals surface area contributed by atoms with E-state index < -0.39 is 5.82 Å². The van der Waals surface area contributed by atoms with Crippen LogP contribution in [0, 0.1) is 12.7 Å². The molecular formula is C24H16FN7. The average molecular weight is 421 g/mol. The molecule has 32 heavy (non-hydrogen) atoms. The van der Waals surface area contributed by atoms with E-state index in [0.29, 0.717) is 22.6 Å². The van der Waals surface area contributed by atoms with Gasteiger partial charge in [0.15, 0.2) is 17.3 Å². The van der Waals surface area contributed by atoms with Crippen molar-refractivity contribution < 1.29 is 4.39 Å². The Morgan fingerprint density at radius 1 is 0.906 bits per heavy atom. The number of aromatic amines is 2. The first kappa shape index (κ1) is 18.3. The highest BCUT2D eigenvalue weighted by Gasteiger charge is 2.18. The first-order chi connectivity index (χ1) is 15.7. The van der Waals surface area contributed by atoms with Gasteiger partial charge in [-0.25, -0.2) is 14.4 Å². The number of nitrogens with zero attached hydrogens (tertiary/aromatic N) is 5. The quantitative estimate of drug-likeness (QED) is 0.416. The van der Waals surface area contributed by atoms with E-state index in [2.05, 4.69) is 35.1 Å². The monoisotopic (exact) mass is 421 g/mol. The molecule has 0 atom stereocenters. The highest BCUT2D eigenvalue weighted by molar-refractivity contribution is 5.97. The molecule has 5 heterocycles. The third-order valence-electron chi connectivity index (χ3n) is 5.56. The normalized spacial score (nSPS) is 11.4. The summed E-state index contributed by atoms with van der Waals surface area (Å²) in [7, 11) is 0. The topological polar surface area (TPSA) is 96.0 Å². The summed E-state index contributed by atoms with van der Waals surface area (Å²) in [6, 6.07) is 11.1. The number of hydrogen-bond acceptors (Lipinski definition) is 5. The maximum atomic E-state index is 14.9. The van der Waals surface area contributed by atoms with Crippen LogP contribution >= 0.6 is 0 Å². The van der Waals surface area contributed by atoms with E-state index >= 15 is 0 Å². The molecule has 0 unspecified atom stereocenters. The Balaban J connectivity index is 1.55. The number of H-pyrrole nitrogens is 2. The number of pyridine rings is 3. The number of benzene rings is 1. The van der Waals surface area contributed by atoms with Gasteiger partial charge in [0.25, 0.3) is 0 Å². The van der Waals surface area contributed by atoms with Crippen LogP contribution in [0.2, 0.25) is 0 Å². The number of imidazole rings is 1. The molecule has 2 N–H and O–H groups in total. The molecule has 6 aromatic rings. The summed E-state index contributed by atoms with van der Waals surface area (Å²) in [5.74, 6) is 0.124. The molecule has 6 rings (SSSR count). The summed E-state index contributed by atoms with van der Waals surface area (Å²) >= 11 is 0. The predicted octanol–water partition coefficient (Wildman–Crippen LogP) is 5.07. The summed E-state index contributed by atoms with van der Waals surface area (Å²) in [5.41, 5.74) is 6.68. The zero-order valence-electron chi connectivity index (χ0n) is 17.0. The molecule has 0 saturated heterocycles. The third-order valence-corrected chi connectivity index (χ3v) is 5.56. The van der Waals surface area contributed by atoms with Gasteiger partial charge in [0.1, 0.15) is 11.2 Å². The molecular weight excluding hydrogens is 405 g/mol. The van der Waals surface area contributed by atoms with Gasteiger partial charge in [0.05, 0.1) is 5.52 Å². The molecule has 0 fully saturated rings. The van der Waals surface area contributed by atoms with Crippen LogP contribution in [0.15, 0.2) is 67.4 Å². The molecule has 0 bridgehead atoms. The van der Waals surface area contributed by atoms with E-state index in [-0.39, 0.29) is 5.52 Å². The lowest BCUT2D eigenvalue weighted by Crippen LogP contribution is -1.88. The SMILES string of the molecule is Cc1ccncc1-c1cc(F)c2n[nH]c(-c3nc4nccc(-c5cccnc5)c4[nH]3)c2c1. The van der Waals surface area contributed by atoms with Crippen molar-refractivity contribution in [1.29, 1.82) is 0 Å². The molecule has 0 aliphatic rings. The van der Waals surface area contributed by atoms with Crippen molar-refractivity contribution in [2.75, 3.05) is 0 Å². The Labute approximate surface area is 181 Å². The van der Waals surface area contributed by atoms with Crippen LogP contribution in [0.4, 0.5) is 4.39 Å². The average Bonchev–Trinajstić information content (AvgIpc) is 3.44. The second kappa shape index (κ2) is 7.05. The highest BCUT2D eigenvalue weighted by atomic mass is 19.1. The van der Waals surface area contributed by atoms with Gasteiger partial charge in [-0.05, 0) is 48.4 Å². The minimum absolute atomic E-state index is 0.256. The van der Waals surface area contributed by atoms with Gasteiger partial charge < -0.3 is 4.98 Å². The Morgan fingerprint density at radius 3 is 2.66 bits per heavy atom. The summed E-state index contributed by atoms with van der Waals surface area (Å²) in [6.07, 6.45) is 8.69. The van der Waals surface area contributed by atoms with E-state index in [1.807, 2.05) is 37.3 Å². The first-order valence-corrected chi connectivity index (χ1v) is 10.0. The molecule has 7 nitrogen and oxygen atoms in total. The summed E-state index contributed by atoms with van der Waals surface area (Å²) < 4.78 is 14.9. The van der Waals surface area contributed by atoms with Crippen LogP contribution in [-0.2, 0) is 0 Å². The maximum absolute atomic E-state index is 14.9. The number of fused-ring (bicyclic) bond motifs is 2. The van der Waals surface area contributed by atoms with E-state index in [1.165, 1.54) is 6.07 Å². The number of aromatic nitrogens is 7. The Hall–Kier alpha value is -4.46. The van der Waals surface area contributed by atoms with Crippen molar-refractivity contribution in [2.45, 2.75) is 6.92 Å². The Bertz CT molecular complexity index is 1600. The Morgan fingerprint density at radius 2 is 1.81 bits per heavy atom. The van der Waals surface area contributed by atoms with Crippen molar-refractivity contribution in [2.24, 2.45) is 0 Å². The lowest BCUT2D eigenvalue weighted by molar-refractivity contribution is 0.636. The minimum Gasteiger partial charge on any atom is -0.335 e. The number of nitrogens with one attached hydrogen (secondary N) is 2. The van der Waals surface area contributed by atoms with E-state index in [9.17, 15) is 4.39 Å². The molecule has 0 radical (unpaired) electrons. The summed E-state index contributed by atoms with van der Waals surface area (Å²) in [5, 5.41) is 7.77. The first-order valence-electron chi connectivity index (χ1n) is 10.0. The maximum Gasteiger partial charge on any atom is 0.178 e. The zero-order valence-corrected chi connectivity index (χ0v) is 17.0. The lowest BCUT2D eigenvalue weighted by atomic mass is 10.0. The molecule has 1 aromatic carbocycles. The van der Waals surface area contributed by atoms with Crippen molar-refractivity contribution in [3.8, 4) is 33.8 Å². The second-order valence-electron chi connectivity index (χ2n) is 7.53. The molecule has 154 valence electrons. The van der Waals surface area contributed by atoms with Gasteiger partial charge >= 0.3 is 0 Å². The van der Waals surface area contributed by atoms with Gasteiger partial charge in [0.2, 0.25) is 0 Å². The summed E-state index contributed by atoms with van der Waals surface area (Å²) in [4.78, 5) is 20.8. The number of halogens is 1. The molecule has 0 aliphatic carbocycles. The lowest BCUT2D eigenvalue weighted by Gasteiger charge is -2.06. The van der Waals surface area contributed by atoms with Crippen LogP contribution < -0.4 is 0 Å². The molecule has 8 heteroatoms. The van der Waals surface area contributed by atoms with Crippen LogP contribution in [0.1, 0.15) is 5.56 Å². The molecule has 0 aliphatic heterocycles. The molecule has 0 spiro atoms. The standard InChI is InChI=1S/C24H16FN7/c1-13-4-7-27-12-18(13)15-9-17-20(19(25)10-15)31-32-22(17)24-29-21-16(5-8-28-23(21)30-24)14-3-2-6-26-11-14/h2-12H,1H3,(H,31,32)(H,28,29,30). The van der Waals surface area contributed by atoms with E-state index in [4.69, 9.17) is 0 Å². The van der Waals surface area contributed by atoms with E-state index in [0.717, 1.165) is 33.3 Å². The van der Waals surface area contributed by atoms with Gasteiger partial charge in [0, 0.05) is 53.1 Å². The van der Waals surface area contributed by atoms with Crippen LogP contribution in [0.25, 0.3) is 55.8 Å². The molecule has 0 amide bonds. The molecule has 0 saturated carbocycles. The third kappa shape index (κ3) is 2.84. The van der Waals surface area contributed by atoms with Crippen LogP contribution in [0.5, 0.6) is 0 Å². The van der Waals surface area contributed by atoms with Gasteiger partial charge in [-0.15, -0.1) is 0 Å². The number of aryl methyl sites for hydroxylation is 1. The minimum atomic E-state index is -0.409. The van der Waals surface area contributed by atoms with Gasteiger partial charge in [-0.3, -0.25) is 15.1 Å². The van der Waals surface area contributed by atoms with Crippen molar-refractivity contribution >= 4 is 22.1 Å². The zero-order chi connectivity index (χ0) is 21.7. The summed E-state index contributed by atoms with van der Waals surface area (Å²) in [6.45, 7) is 1.97. The fourth-order valence-corrected chi connectivity index (χ4v) is 3.97. The highest BCUT2D eigenvalue weighted by Crippen LogP contribution is 2.34. The number of rotatable bonds is 3. The largest absolute Gasteiger partial charge is 0.335 e. The van der Waals surface area contributed by atoms with Crippen LogP contribution in [-0.4, -0.2) is 35.1 Å². The Kier molecular flexibility index (Phi) is 4.04. The second-order valence-corrected chi connectivity index (χ2v) is 7.53. The van der Waals surface area contributed by atoms with E-state index in [1.54, 1.807) is 31.0 Å². The van der Waals surface area contributed by atoms with Crippen molar-refractivity contribution in [1.82, 2.24) is 35.1 Å². The smallest absolute Gasteiger partial charge is 0.178 e.